The Morgan fingerprint density at radius 1 is 1.47 bits per heavy atom. The fraction of sp³-hybridized carbons (Fsp3) is 0.444. The lowest BCUT2D eigenvalue weighted by Gasteiger charge is -2.13. The Morgan fingerprint density at radius 2 is 2.07 bits per heavy atom. The maximum Gasteiger partial charge on any atom is 0.436 e. The van der Waals surface area contributed by atoms with E-state index in [0.717, 1.165) is 6.20 Å². The number of rotatable bonds is 2. The standard InChI is InChI=1S/C9H10F4N2/c1-2-6(14)5-3-4-15-8(7(5)10)9(11,12)13/h3-4,6H,2,14H2,1H3/t6-/m1/s1. The number of aromatic nitrogens is 1. The molecular weight excluding hydrogens is 212 g/mol. The van der Waals surface area contributed by atoms with Gasteiger partial charge in [-0.3, -0.25) is 0 Å². The zero-order valence-corrected chi connectivity index (χ0v) is 7.98. The van der Waals surface area contributed by atoms with Crippen molar-refractivity contribution < 1.29 is 17.6 Å². The monoisotopic (exact) mass is 222 g/mol. The van der Waals surface area contributed by atoms with Gasteiger partial charge in [0.15, 0.2) is 11.5 Å². The fourth-order valence-corrected chi connectivity index (χ4v) is 1.16. The predicted octanol–water partition coefficient (Wildman–Crippen LogP) is 2.65. The maximum absolute atomic E-state index is 13.3. The number of nitrogens with zero attached hydrogens (tertiary/aromatic N) is 1. The Kier molecular flexibility index (Phi) is 3.28. The van der Waals surface area contributed by atoms with Crippen molar-refractivity contribution in [2.45, 2.75) is 25.6 Å². The third-order valence-corrected chi connectivity index (χ3v) is 2.03. The quantitative estimate of drug-likeness (QED) is 0.781. The first kappa shape index (κ1) is 11.9. The first-order valence-corrected chi connectivity index (χ1v) is 4.35. The van der Waals surface area contributed by atoms with Crippen LogP contribution < -0.4 is 5.73 Å². The summed E-state index contributed by atoms with van der Waals surface area (Å²) in [6.45, 7) is 1.66. The van der Waals surface area contributed by atoms with Crippen molar-refractivity contribution >= 4 is 0 Å². The summed E-state index contributed by atoms with van der Waals surface area (Å²) in [4.78, 5) is 2.97. The molecule has 15 heavy (non-hydrogen) atoms. The molecule has 1 rings (SSSR count). The second-order valence-electron chi connectivity index (χ2n) is 3.08. The Morgan fingerprint density at radius 3 is 2.53 bits per heavy atom. The molecule has 0 unspecified atom stereocenters. The highest BCUT2D eigenvalue weighted by molar-refractivity contribution is 5.24. The molecule has 0 saturated carbocycles. The van der Waals surface area contributed by atoms with Crippen LogP contribution in [0.25, 0.3) is 0 Å². The first-order valence-electron chi connectivity index (χ1n) is 4.35. The molecule has 0 bridgehead atoms. The van der Waals surface area contributed by atoms with Crippen LogP contribution in [0.1, 0.15) is 30.6 Å². The van der Waals surface area contributed by atoms with E-state index in [0.29, 0.717) is 6.42 Å². The third-order valence-electron chi connectivity index (χ3n) is 2.03. The fourth-order valence-electron chi connectivity index (χ4n) is 1.16. The molecule has 0 amide bonds. The Bertz CT molecular complexity index is 348. The zero-order chi connectivity index (χ0) is 11.6. The molecule has 84 valence electrons. The summed E-state index contributed by atoms with van der Waals surface area (Å²) < 4.78 is 50.1. The molecule has 0 aliphatic heterocycles. The Hall–Kier alpha value is -1.17. The van der Waals surface area contributed by atoms with Crippen molar-refractivity contribution in [1.29, 1.82) is 0 Å². The van der Waals surface area contributed by atoms with Gasteiger partial charge in [0, 0.05) is 17.8 Å². The molecule has 1 heterocycles. The topological polar surface area (TPSA) is 38.9 Å². The van der Waals surface area contributed by atoms with Crippen LogP contribution in [0.5, 0.6) is 0 Å². The molecule has 0 fully saturated rings. The van der Waals surface area contributed by atoms with E-state index < -0.39 is 23.7 Å². The van der Waals surface area contributed by atoms with Gasteiger partial charge in [-0.25, -0.2) is 9.37 Å². The normalized spacial score (nSPS) is 14.0. The third kappa shape index (κ3) is 2.44. The van der Waals surface area contributed by atoms with Gasteiger partial charge in [0.1, 0.15) is 0 Å². The van der Waals surface area contributed by atoms with E-state index in [1.807, 2.05) is 0 Å². The molecule has 2 N–H and O–H groups in total. The average Bonchev–Trinajstić information content (AvgIpc) is 2.15. The number of pyridine rings is 1. The number of halogens is 4. The molecule has 0 radical (unpaired) electrons. The van der Waals surface area contributed by atoms with E-state index in [1.54, 1.807) is 6.92 Å². The van der Waals surface area contributed by atoms with Gasteiger partial charge in [0.05, 0.1) is 0 Å². The summed E-state index contributed by atoms with van der Waals surface area (Å²) >= 11 is 0. The van der Waals surface area contributed by atoms with Crippen LogP contribution in [-0.2, 0) is 6.18 Å². The zero-order valence-electron chi connectivity index (χ0n) is 7.98. The molecule has 2 nitrogen and oxygen atoms in total. The Balaban J connectivity index is 3.23. The molecule has 0 spiro atoms. The van der Waals surface area contributed by atoms with E-state index in [9.17, 15) is 17.6 Å². The number of hydrogen-bond acceptors (Lipinski definition) is 2. The lowest BCUT2D eigenvalue weighted by Crippen LogP contribution is -2.17. The molecule has 1 aromatic rings. The second-order valence-corrected chi connectivity index (χ2v) is 3.08. The number of hydrogen-bond donors (Lipinski definition) is 1. The van der Waals surface area contributed by atoms with Crippen molar-refractivity contribution in [2.75, 3.05) is 0 Å². The minimum absolute atomic E-state index is 0.153. The van der Waals surface area contributed by atoms with Gasteiger partial charge < -0.3 is 5.73 Å². The summed E-state index contributed by atoms with van der Waals surface area (Å²) in [6, 6.07) is 0.424. The highest BCUT2D eigenvalue weighted by Crippen LogP contribution is 2.32. The molecule has 0 aliphatic rings. The lowest BCUT2D eigenvalue weighted by atomic mass is 10.1. The predicted molar refractivity (Wildman–Crippen MR) is 46.4 cm³/mol. The van der Waals surface area contributed by atoms with Crippen LogP contribution >= 0.6 is 0 Å². The molecule has 0 saturated heterocycles. The van der Waals surface area contributed by atoms with E-state index in [1.165, 1.54) is 6.07 Å². The van der Waals surface area contributed by atoms with Crippen LogP contribution in [0.2, 0.25) is 0 Å². The van der Waals surface area contributed by atoms with E-state index >= 15 is 0 Å². The maximum atomic E-state index is 13.3. The summed E-state index contributed by atoms with van der Waals surface area (Å²) in [6.07, 6.45) is -3.51. The van der Waals surface area contributed by atoms with Gasteiger partial charge in [0.2, 0.25) is 0 Å². The van der Waals surface area contributed by atoms with Crippen LogP contribution in [0.4, 0.5) is 17.6 Å². The molecule has 1 aromatic heterocycles. The minimum atomic E-state index is -4.78. The molecule has 1 atom stereocenters. The summed E-state index contributed by atoms with van der Waals surface area (Å²) in [5, 5.41) is 0. The van der Waals surface area contributed by atoms with Gasteiger partial charge in [-0.2, -0.15) is 13.2 Å². The van der Waals surface area contributed by atoms with E-state index in [2.05, 4.69) is 4.98 Å². The van der Waals surface area contributed by atoms with Gasteiger partial charge >= 0.3 is 6.18 Å². The van der Waals surface area contributed by atoms with Crippen molar-refractivity contribution in [3.05, 3.63) is 29.3 Å². The van der Waals surface area contributed by atoms with E-state index in [4.69, 9.17) is 5.73 Å². The van der Waals surface area contributed by atoms with Crippen LogP contribution in [0.15, 0.2) is 12.3 Å². The molecule has 0 aliphatic carbocycles. The van der Waals surface area contributed by atoms with Crippen LogP contribution in [0.3, 0.4) is 0 Å². The van der Waals surface area contributed by atoms with Crippen molar-refractivity contribution in [3.63, 3.8) is 0 Å². The van der Waals surface area contributed by atoms with E-state index in [-0.39, 0.29) is 5.56 Å². The van der Waals surface area contributed by atoms with Gasteiger partial charge in [-0.05, 0) is 12.5 Å². The summed E-state index contributed by atoms with van der Waals surface area (Å²) in [7, 11) is 0. The van der Waals surface area contributed by atoms with Crippen molar-refractivity contribution in [2.24, 2.45) is 5.73 Å². The lowest BCUT2D eigenvalue weighted by molar-refractivity contribution is -0.143. The highest BCUT2D eigenvalue weighted by Gasteiger charge is 2.37. The SMILES string of the molecule is CC[C@@H](N)c1ccnc(C(F)(F)F)c1F. The molecule has 0 aromatic carbocycles. The first-order chi connectivity index (χ1) is 6.88. The van der Waals surface area contributed by atoms with Crippen LogP contribution in [-0.4, -0.2) is 4.98 Å². The van der Waals surface area contributed by atoms with Crippen molar-refractivity contribution in [1.82, 2.24) is 4.98 Å². The molecule has 6 heteroatoms. The summed E-state index contributed by atoms with van der Waals surface area (Å²) in [5.41, 5.74) is 3.81. The van der Waals surface area contributed by atoms with Gasteiger partial charge in [0.25, 0.3) is 0 Å². The smallest absolute Gasteiger partial charge is 0.324 e. The highest BCUT2D eigenvalue weighted by atomic mass is 19.4. The second kappa shape index (κ2) is 4.14. The summed E-state index contributed by atoms with van der Waals surface area (Å²) in [5.74, 6) is -1.38. The van der Waals surface area contributed by atoms with Gasteiger partial charge in [-0.1, -0.05) is 6.92 Å². The van der Waals surface area contributed by atoms with Crippen LogP contribution in [0, 0.1) is 5.82 Å². The number of nitrogens with two attached hydrogens (primary N) is 1. The van der Waals surface area contributed by atoms with Gasteiger partial charge in [-0.15, -0.1) is 0 Å². The number of alkyl halides is 3. The Labute approximate surface area is 84.1 Å². The minimum Gasteiger partial charge on any atom is -0.324 e. The van der Waals surface area contributed by atoms with Crippen molar-refractivity contribution in [3.8, 4) is 0 Å². The average molecular weight is 222 g/mol. The molecular formula is C9H10F4N2. The largest absolute Gasteiger partial charge is 0.436 e.